The Kier molecular flexibility index (Phi) is 2.88. The van der Waals surface area contributed by atoms with Crippen LogP contribution in [0.3, 0.4) is 0 Å². The molecule has 2 aliphatic heterocycles. The van der Waals surface area contributed by atoms with E-state index in [1.807, 2.05) is 0 Å². The monoisotopic (exact) mass is 198 g/mol. The zero-order valence-corrected chi connectivity index (χ0v) is 8.70. The number of carbonyl (C=O) groups is 1. The summed E-state index contributed by atoms with van der Waals surface area (Å²) < 4.78 is 11.4. The fourth-order valence-corrected chi connectivity index (χ4v) is 2.63. The molecule has 14 heavy (non-hydrogen) atoms. The molecular formula is C11H18O3. The van der Waals surface area contributed by atoms with E-state index in [1.54, 1.807) is 0 Å². The van der Waals surface area contributed by atoms with Gasteiger partial charge in [-0.25, -0.2) is 0 Å². The molecule has 80 valence electrons. The molecule has 3 heteroatoms. The molecule has 0 aliphatic carbocycles. The Bertz CT molecular complexity index is 213. The average molecular weight is 198 g/mol. The molecule has 3 atom stereocenters. The first-order valence-corrected chi connectivity index (χ1v) is 5.49. The zero-order chi connectivity index (χ0) is 10.0. The van der Waals surface area contributed by atoms with Gasteiger partial charge in [0.1, 0.15) is 12.4 Å². The van der Waals surface area contributed by atoms with Gasteiger partial charge in [0, 0.05) is 13.0 Å². The van der Waals surface area contributed by atoms with E-state index in [2.05, 4.69) is 6.92 Å². The number of rotatable bonds is 1. The van der Waals surface area contributed by atoms with E-state index in [9.17, 15) is 4.79 Å². The molecule has 0 saturated carbocycles. The van der Waals surface area contributed by atoms with Crippen LogP contribution >= 0.6 is 0 Å². The van der Waals surface area contributed by atoms with Crippen molar-refractivity contribution < 1.29 is 14.3 Å². The largest absolute Gasteiger partial charge is 0.378 e. The fraction of sp³-hybridized carbons (Fsp3) is 0.909. The van der Waals surface area contributed by atoms with Crippen LogP contribution in [0.15, 0.2) is 0 Å². The SMILES string of the molecule is CC1CC2(CCCC(C=O)O2)CCO1. The predicted octanol–water partition coefficient (Wildman–Crippen LogP) is 1.69. The van der Waals surface area contributed by atoms with Crippen LogP contribution in [0.2, 0.25) is 0 Å². The summed E-state index contributed by atoms with van der Waals surface area (Å²) in [5, 5.41) is 0. The van der Waals surface area contributed by atoms with Crippen LogP contribution in [0.4, 0.5) is 0 Å². The Morgan fingerprint density at radius 2 is 2.29 bits per heavy atom. The summed E-state index contributed by atoms with van der Waals surface area (Å²) in [6.07, 6.45) is 6.02. The first-order valence-electron chi connectivity index (χ1n) is 5.49. The summed E-state index contributed by atoms with van der Waals surface area (Å²) in [5.41, 5.74) is -0.0541. The smallest absolute Gasteiger partial charge is 0.148 e. The van der Waals surface area contributed by atoms with Gasteiger partial charge in [-0.1, -0.05) is 0 Å². The van der Waals surface area contributed by atoms with Crippen LogP contribution in [0, 0.1) is 0 Å². The topological polar surface area (TPSA) is 35.5 Å². The van der Waals surface area contributed by atoms with Crippen molar-refractivity contribution in [1.29, 1.82) is 0 Å². The summed E-state index contributed by atoms with van der Waals surface area (Å²) >= 11 is 0. The van der Waals surface area contributed by atoms with Gasteiger partial charge in [0.15, 0.2) is 0 Å². The van der Waals surface area contributed by atoms with Gasteiger partial charge in [0.25, 0.3) is 0 Å². The average Bonchev–Trinajstić information content (AvgIpc) is 2.17. The fourth-order valence-electron chi connectivity index (χ4n) is 2.63. The third-order valence-corrected chi connectivity index (χ3v) is 3.29. The molecule has 3 unspecified atom stereocenters. The van der Waals surface area contributed by atoms with Crippen molar-refractivity contribution in [2.24, 2.45) is 0 Å². The van der Waals surface area contributed by atoms with Gasteiger partial charge in [-0.15, -0.1) is 0 Å². The first kappa shape index (κ1) is 10.1. The summed E-state index contributed by atoms with van der Waals surface area (Å²) in [7, 11) is 0. The van der Waals surface area contributed by atoms with E-state index in [1.165, 1.54) is 0 Å². The van der Waals surface area contributed by atoms with Crippen molar-refractivity contribution in [1.82, 2.24) is 0 Å². The summed E-state index contributed by atoms with van der Waals surface area (Å²) in [4.78, 5) is 10.7. The molecule has 3 nitrogen and oxygen atoms in total. The quantitative estimate of drug-likeness (QED) is 0.601. The van der Waals surface area contributed by atoms with Gasteiger partial charge in [-0.2, -0.15) is 0 Å². The standard InChI is InChI=1S/C11H18O3/c1-9-7-11(5-6-13-9)4-2-3-10(8-12)14-11/h8-10H,2-7H2,1H3. The molecular weight excluding hydrogens is 180 g/mol. The Morgan fingerprint density at radius 1 is 1.43 bits per heavy atom. The Labute approximate surface area is 84.8 Å². The molecule has 0 N–H and O–H groups in total. The van der Waals surface area contributed by atoms with Gasteiger partial charge >= 0.3 is 0 Å². The number of carbonyl (C=O) groups excluding carboxylic acids is 1. The van der Waals surface area contributed by atoms with Crippen molar-refractivity contribution in [3.8, 4) is 0 Å². The number of hydrogen-bond donors (Lipinski definition) is 0. The van der Waals surface area contributed by atoms with Gasteiger partial charge < -0.3 is 14.3 Å². The Hall–Kier alpha value is -0.410. The second-order valence-electron chi connectivity index (χ2n) is 4.50. The minimum absolute atomic E-state index is 0.0541. The second kappa shape index (κ2) is 3.99. The molecule has 1 spiro atoms. The van der Waals surface area contributed by atoms with E-state index < -0.39 is 0 Å². The van der Waals surface area contributed by atoms with Crippen LogP contribution in [0.25, 0.3) is 0 Å². The molecule has 2 rings (SSSR count). The summed E-state index contributed by atoms with van der Waals surface area (Å²) in [6, 6.07) is 0. The normalized spacial score (nSPS) is 43.8. The zero-order valence-electron chi connectivity index (χ0n) is 8.70. The van der Waals surface area contributed by atoms with E-state index in [4.69, 9.17) is 9.47 Å². The van der Waals surface area contributed by atoms with Crippen LogP contribution in [-0.2, 0) is 14.3 Å². The third kappa shape index (κ3) is 1.98. The minimum Gasteiger partial charge on any atom is -0.378 e. The molecule has 0 amide bonds. The number of aldehydes is 1. The highest BCUT2D eigenvalue weighted by Gasteiger charge is 2.40. The highest BCUT2D eigenvalue weighted by molar-refractivity contribution is 5.56. The highest BCUT2D eigenvalue weighted by atomic mass is 16.5. The Morgan fingerprint density at radius 3 is 3.00 bits per heavy atom. The minimum atomic E-state index is -0.172. The van der Waals surface area contributed by atoms with Gasteiger partial charge in [-0.05, 0) is 32.6 Å². The molecule has 2 saturated heterocycles. The molecule has 0 aromatic carbocycles. The van der Waals surface area contributed by atoms with Crippen molar-refractivity contribution in [3.63, 3.8) is 0 Å². The lowest BCUT2D eigenvalue weighted by Crippen LogP contribution is -2.47. The predicted molar refractivity (Wildman–Crippen MR) is 52.2 cm³/mol. The van der Waals surface area contributed by atoms with Gasteiger partial charge in [0.05, 0.1) is 11.7 Å². The van der Waals surface area contributed by atoms with Gasteiger partial charge in [-0.3, -0.25) is 0 Å². The molecule has 0 radical (unpaired) electrons. The first-order chi connectivity index (χ1) is 6.74. The van der Waals surface area contributed by atoms with Crippen LogP contribution in [-0.4, -0.2) is 30.7 Å². The molecule has 0 aromatic rings. The maximum atomic E-state index is 10.7. The number of ether oxygens (including phenoxy) is 2. The lowest BCUT2D eigenvalue weighted by Gasteiger charge is -2.44. The van der Waals surface area contributed by atoms with Crippen molar-refractivity contribution >= 4 is 6.29 Å². The van der Waals surface area contributed by atoms with Crippen molar-refractivity contribution in [2.45, 2.75) is 56.8 Å². The van der Waals surface area contributed by atoms with E-state index >= 15 is 0 Å². The van der Waals surface area contributed by atoms with E-state index in [-0.39, 0.29) is 17.8 Å². The lowest BCUT2D eigenvalue weighted by molar-refractivity contribution is -0.182. The molecule has 0 aromatic heterocycles. The highest BCUT2D eigenvalue weighted by Crippen LogP contribution is 2.38. The van der Waals surface area contributed by atoms with E-state index in [0.29, 0.717) is 0 Å². The maximum absolute atomic E-state index is 10.7. The summed E-state index contributed by atoms with van der Waals surface area (Å²) in [5.74, 6) is 0. The van der Waals surface area contributed by atoms with Crippen molar-refractivity contribution in [3.05, 3.63) is 0 Å². The third-order valence-electron chi connectivity index (χ3n) is 3.29. The maximum Gasteiger partial charge on any atom is 0.148 e. The molecule has 0 bridgehead atoms. The van der Waals surface area contributed by atoms with Gasteiger partial charge in [0.2, 0.25) is 0 Å². The van der Waals surface area contributed by atoms with Crippen LogP contribution < -0.4 is 0 Å². The second-order valence-corrected chi connectivity index (χ2v) is 4.50. The van der Waals surface area contributed by atoms with Crippen molar-refractivity contribution in [2.75, 3.05) is 6.61 Å². The van der Waals surface area contributed by atoms with Crippen LogP contribution in [0.5, 0.6) is 0 Å². The number of hydrogen-bond acceptors (Lipinski definition) is 3. The van der Waals surface area contributed by atoms with Crippen LogP contribution in [0.1, 0.15) is 39.0 Å². The summed E-state index contributed by atoms with van der Waals surface area (Å²) in [6.45, 7) is 2.85. The Balaban J connectivity index is 2.02. The molecule has 2 fully saturated rings. The van der Waals surface area contributed by atoms with E-state index in [0.717, 1.165) is 45.0 Å². The molecule has 2 heterocycles. The lowest BCUT2D eigenvalue weighted by atomic mass is 9.83. The molecule has 2 aliphatic rings.